The predicted molar refractivity (Wildman–Crippen MR) is 72.3 cm³/mol. The highest BCUT2D eigenvalue weighted by atomic mass is 19.1. The molecule has 2 atom stereocenters. The zero-order valence-electron chi connectivity index (χ0n) is 11.0. The molecule has 0 aliphatic rings. The first-order chi connectivity index (χ1) is 9.13. The number of rotatable bonds is 4. The van der Waals surface area contributed by atoms with Crippen LogP contribution < -0.4 is 0 Å². The van der Waals surface area contributed by atoms with Crippen molar-refractivity contribution in [1.29, 1.82) is 0 Å². The number of hydrogen-bond donors (Lipinski definition) is 1. The fourth-order valence-electron chi connectivity index (χ4n) is 2.18. The zero-order chi connectivity index (χ0) is 13.8. The van der Waals surface area contributed by atoms with E-state index in [4.69, 9.17) is 4.74 Å². The van der Waals surface area contributed by atoms with Gasteiger partial charge in [0.25, 0.3) is 0 Å². The number of ether oxygens (including phenoxy) is 1. The van der Waals surface area contributed by atoms with Crippen molar-refractivity contribution < 1.29 is 14.2 Å². The lowest BCUT2D eigenvalue weighted by Crippen LogP contribution is -2.14. The highest BCUT2D eigenvalue weighted by Crippen LogP contribution is 2.33. The Hall–Kier alpha value is -1.71. The molecule has 0 radical (unpaired) electrons. The van der Waals surface area contributed by atoms with E-state index in [0.29, 0.717) is 5.56 Å². The summed E-state index contributed by atoms with van der Waals surface area (Å²) >= 11 is 0. The standard InChI is InChI=1S/C16H17FO2/c1-11-8-9-13(17)10-14(11)15(18)16(19-2)12-6-4-3-5-7-12/h3-10,15-16,18H,1-2H3. The fraction of sp³-hybridized carbons (Fsp3) is 0.250. The minimum Gasteiger partial charge on any atom is -0.385 e. The lowest BCUT2D eigenvalue weighted by atomic mass is 9.95. The summed E-state index contributed by atoms with van der Waals surface area (Å²) in [5.41, 5.74) is 2.25. The van der Waals surface area contributed by atoms with Crippen LogP contribution in [0, 0.1) is 12.7 Å². The topological polar surface area (TPSA) is 29.5 Å². The summed E-state index contributed by atoms with van der Waals surface area (Å²) in [5.74, 6) is -0.359. The van der Waals surface area contributed by atoms with Gasteiger partial charge in [-0.25, -0.2) is 4.39 Å². The monoisotopic (exact) mass is 260 g/mol. The van der Waals surface area contributed by atoms with Gasteiger partial charge in [-0.05, 0) is 35.7 Å². The van der Waals surface area contributed by atoms with Crippen molar-refractivity contribution in [1.82, 2.24) is 0 Å². The van der Waals surface area contributed by atoms with Crippen molar-refractivity contribution in [2.75, 3.05) is 7.11 Å². The highest BCUT2D eigenvalue weighted by Gasteiger charge is 2.24. The Kier molecular flexibility index (Phi) is 4.30. The summed E-state index contributed by atoms with van der Waals surface area (Å²) in [6, 6.07) is 13.8. The SMILES string of the molecule is COC(c1ccccc1)C(O)c1cc(F)ccc1C. The molecule has 19 heavy (non-hydrogen) atoms. The van der Waals surface area contributed by atoms with Crippen LogP contribution in [0.5, 0.6) is 0 Å². The number of aryl methyl sites for hydroxylation is 1. The van der Waals surface area contributed by atoms with Crippen molar-refractivity contribution in [3.63, 3.8) is 0 Å². The number of aliphatic hydroxyl groups excluding tert-OH is 1. The largest absolute Gasteiger partial charge is 0.385 e. The van der Waals surface area contributed by atoms with Gasteiger partial charge in [-0.2, -0.15) is 0 Å². The Morgan fingerprint density at radius 1 is 1.11 bits per heavy atom. The van der Waals surface area contributed by atoms with Crippen LogP contribution in [0.2, 0.25) is 0 Å². The number of hydrogen-bond acceptors (Lipinski definition) is 2. The van der Waals surface area contributed by atoms with E-state index >= 15 is 0 Å². The van der Waals surface area contributed by atoms with E-state index in [0.717, 1.165) is 11.1 Å². The first-order valence-corrected chi connectivity index (χ1v) is 6.15. The average Bonchev–Trinajstić information content (AvgIpc) is 2.43. The molecule has 0 aromatic heterocycles. The molecule has 2 rings (SSSR count). The third-order valence-corrected chi connectivity index (χ3v) is 3.23. The van der Waals surface area contributed by atoms with Gasteiger partial charge in [0.05, 0.1) is 0 Å². The number of methoxy groups -OCH3 is 1. The van der Waals surface area contributed by atoms with Gasteiger partial charge in [-0.3, -0.25) is 0 Å². The predicted octanol–water partition coefficient (Wildman–Crippen LogP) is 3.56. The lowest BCUT2D eigenvalue weighted by Gasteiger charge is -2.23. The summed E-state index contributed by atoms with van der Waals surface area (Å²) in [6.07, 6.45) is -1.41. The maximum atomic E-state index is 13.3. The van der Waals surface area contributed by atoms with E-state index in [1.807, 2.05) is 37.3 Å². The molecule has 0 aliphatic carbocycles. The number of aliphatic hydroxyl groups is 1. The van der Waals surface area contributed by atoms with E-state index in [2.05, 4.69) is 0 Å². The lowest BCUT2D eigenvalue weighted by molar-refractivity contribution is -0.0153. The number of halogens is 1. The molecular formula is C16H17FO2. The van der Waals surface area contributed by atoms with Gasteiger partial charge in [0, 0.05) is 7.11 Å². The molecule has 2 aromatic rings. The van der Waals surface area contributed by atoms with Gasteiger partial charge >= 0.3 is 0 Å². The Labute approximate surface area is 112 Å². The van der Waals surface area contributed by atoms with Crippen LogP contribution in [0.1, 0.15) is 28.9 Å². The Morgan fingerprint density at radius 2 is 1.79 bits per heavy atom. The highest BCUT2D eigenvalue weighted by molar-refractivity contribution is 5.31. The maximum Gasteiger partial charge on any atom is 0.123 e. The summed E-state index contributed by atoms with van der Waals surface area (Å²) in [5, 5.41) is 10.4. The van der Waals surface area contributed by atoms with Crippen molar-refractivity contribution in [2.24, 2.45) is 0 Å². The van der Waals surface area contributed by atoms with Gasteiger partial charge in [0.1, 0.15) is 18.0 Å². The third-order valence-electron chi connectivity index (χ3n) is 3.23. The summed E-state index contributed by atoms with van der Waals surface area (Å²) < 4.78 is 18.7. The summed E-state index contributed by atoms with van der Waals surface area (Å²) in [7, 11) is 1.54. The van der Waals surface area contributed by atoms with Crippen molar-refractivity contribution in [3.05, 3.63) is 71.0 Å². The molecule has 1 N–H and O–H groups in total. The molecule has 3 heteroatoms. The second-order valence-electron chi connectivity index (χ2n) is 4.51. The molecule has 0 fully saturated rings. The smallest absolute Gasteiger partial charge is 0.123 e. The first-order valence-electron chi connectivity index (χ1n) is 6.15. The van der Waals surface area contributed by atoms with Gasteiger partial charge in [0.15, 0.2) is 0 Å². The third kappa shape index (κ3) is 3.00. The van der Waals surface area contributed by atoms with Crippen LogP contribution in [0.3, 0.4) is 0 Å². The van der Waals surface area contributed by atoms with Crippen molar-refractivity contribution in [3.8, 4) is 0 Å². The molecule has 0 spiro atoms. The molecule has 100 valence electrons. The molecule has 0 bridgehead atoms. The Morgan fingerprint density at radius 3 is 2.42 bits per heavy atom. The zero-order valence-corrected chi connectivity index (χ0v) is 11.0. The normalized spacial score (nSPS) is 14.1. The van der Waals surface area contributed by atoms with E-state index in [-0.39, 0.29) is 5.82 Å². The minimum absolute atomic E-state index is 0.359. The minimum atomic E-state index is -0.900. The Balaban J connectivity index is 2.36. The molecular weight excluding hydrogens is 243 g/mol. The molecule has 0 saturated carbocycles. The van der Waals surface area contributed by atoms with Crippen molar-refractivity contribution >= 4 is 0 Å². The van der Waals surface area contributed by atoms with E-state index in [9.17, 15) is 9.50 Å². The van der Waals surface area contributed by atoms with Gasteiger partial charge in [0.2, 0.25) is 0 Å². The van der Waals surface area contributed by atoms with Crippen LogP contribution in [-0.4, -0.2) is 12.2 Å². The van der Waals surface area contributed by atoms with Crippen molar-refractivity contribution in [2.45, 2.75) is 19.1 Å². The van der Waals surface area contributed by atoms with Gasteiger partial charge in [-0.15, -0.1) is 0 Å². The first kappa shape index (κ1) is 13.7. The molecule has 0 amide bonds. The molecule has 2 aromatic carbocycles. The summed E-state index contributed by atoms with van der Waals surface area (Å²) in [6.45, 7) is 1.84. The van der Waals surface area contributed by atoms with Crippen LogP contribution in [-0.2, 0) is 4.74 Å². The van der Waals surface area contributed by atoms with Crippen LogP contribution >= 0.6 is 0 Å². The molecule has 0 aliphatic heterocycles. The quantitative estimate of drug-likeness (QED) is 0.910. The van der Waals surface area contributed by atoms with Crippen LogP contribution in [0.4, 0.5) is 4.39 Å². The molecule has 0 saturated heterocycles. The van der Waals surface area contributed by atoms with Crippen LogP contribution in [0.15, 0.2) is 48.5 Å². The molecule has 2 unspecified atom stereocenters. The average molecular weight is 260 g/mol. The van der Waals surface area contributed by atoms with E-state index < -0.39 is 12.2 Å². The second-order valence-corrected chi connectivity index (χ2v) is 4.51. The van der Waals surface area contributed by atoms with Gasteiger partial charge < -0.3 is 9.84 Å². The number of benzene rings is 2. The van der Waals surface area contributed by atoms with E-state index in [1.54, 1.807) is 6.07 Å². The van der Waals surface area contributed by atoms with E-state index in [1.165, 1.54) is 19.2 Å². The maximum absolute atomic E-state index is 13.3. The van der Waals surface area contributed by atoms with Gasteiger partial charge in [-0.1, -0.05) is 36.4 Å². The molecule has 0 heterocycles. The Bertz CT molecular complexity index is 540. The molecule has 2 nitrogen and oxygen atoms in total. The van der Waals surface area contributed by atoms with Crippen LogP contribution in [0.25, 0.3) is 0 Å². The summed E-state index contributed by atoms with van der Waals surface area (Å²) in [4.78, 5) is 0. The fourth-order valence-corrected chi connectivity index (χ4v) is 2.18. The second kappa shape index (κ2) is 5.95.